The van der Waals surface area contributed by atoms with Gasteiger partial charge in [-0.25, -0.2) is 8.78 Å². The fourth-order valence-corrected chi connectivity index (χ4v) is 2.34. The standard InChI is InChI=1S/C13H18F2N2.2ClH/c1-9-7-16-6-5-11(9)12-4-3-10(8-17-12)13(2,14)15;;/h3-4,8-9,11,16H,5-7H2,1-2H3;2*1H. The third-order valence-corrected chi connectivity index (χ3v) is 3.46. The van der Waals surface area contributed by atoms with E-state index in [2.05, 4.69) is 17.2 Å². The van der Waals surface area contributed by atoms with Crippen molar-refractivity contribution in [2.24, 2.45) is 5.92 Å². The van der Waals surface area contributed by atoms with Crippen LogP contribution in [0.2, 0.25) is 0 Å². The maximum atomic E-state index is 13.1. The van der Waals surface area contributed by atoms with Crippen molar-refractivity contribution in [3.8, 4) is 0 Å². The SMILES string of the molecule is CC1CNCCC1c1ccc(C(C)(F)F)cn1.Cl.Cl. The lowest BCUT2D eigenvalue weighted by atomic mass is 9.85. The molecule has 1 fully saturated rings. The molecule has 2 nitrogen and oxygen atoms in total. The molecule has 0 saturated carbocycles. The molecule has 6 heteroatoms. The lowest BCUT2D eigenvalue weighted by molar-refractivity contribution is 0.0170. The number of piperidine rings is 1. The van der Waals surface area contributed by atoms with Gasteiger partial charge in [0, 0.05) is 30.3 Å². The summed E-state index contributed by atoms with van der Waals surface area (Å²) in [6.45, 7) is 5.01. The Balaban J connectivity index is 0.00000162. The van der Waals surface area contributed by atoms with E-state index in [1.807, 2.05) is 0 Å². The monoisotopic (exact) mass is 312 g/mol. The zero-order chi connectivity index (χ0) is 12.5. The van der Waals surface area contributed by atoms with Crippen LogP contribution in [0.5, 0.6) is 0 Å². The first-order valence-electron chi connectivity index (χ1n) is 6.03. The lowest BCUT2D eigenvalue weighted by Gasteiger charge is -2.29. The molecular formula is C13H20Cl2F2N2. The van der Waals surface area contributed by atoms with Gasteiger partial charge in [0.25, 0.3) is 5.92 Å². The fraction of sp³-hybridized carbons (Fsp3) is 0.615. The molecule has 0 spiro atoms. The van der Waals surface area contributed by atoms with E-state index in [1.54, 1.807) is 6.07 Å². The topological polar surface area (TPSA) is 24.9 Å². The molecule has 2 atom stereocenters. The summed E-state index contributed by atoms with van der Waals surface area (Å²) in [6.07, 6.45) is 2.33. The van der Waals surface area contributed by atoms with Gasteiger partial charge in [0.15, 0.2) is 0 Å². The molecule has 1 saturated heterocycles. The van der Waals surface area contributed by atoms with E-state index in [0.29, 0.717) is 11.8 Å². The van der Waals surface area contributed by atoms with Crippen molar-refractivity contribution < 1.29 is 8.78 Å². The zero-order valence-corrected chi connectivity index (χ0v) is 12.7. The van der Waals surface area contributed by atoms with Crippen molar-refractivity contribution in [3.63, 3.8) is 0 Å². The van der Waals surface area contributed by atoms with Crippen molar-refractivity contribution >= 4 is 24.8 Å². The molecule has 2 heterocycles. The third kappa shape index (κ3) is 4.55. The van der Waals surface area contributed by atoms with Gasteiger partial charge in [-0.1, -0.05) is 6.92 Å². The third-order valence-electron chi connectivity index (χ3n) is 3.46. The quantitative estimate of drug-likeness (QED) is 0.899. The van der Waals surface area contributed by atoms with Gasteiger partial charge >= 0.3 is 0 Å². The first-order valence-corrected chi connectivity index (χ1v) is 6.03. The number of nitrogens with one attached hydrogen (secondary N) is 1. The van der Waals surface area contributed by atoms with Crippen LogP contribution in [0.25, 0.3) is 0 Å². The molecule has 1 aliphatic rings. The second-order valence-corrected chi connectivity index (χ2v) is 4.94. The molecule has 0 aromatic carbocycles. The maximum absolute atomic E-state index is 13.1. The van der Waals surface area contributed by atoms with E-state index in [1.165, 1.54) is 12.3 Å². The Bertz CT molecular complexity index is 379. The van der Waals surface area contributed by atoms with Gasteiger partial charge in [0.05, 0.1) is 0 Å². The predicted molar refractivity (Wildman–Crippen MR) is 77.7 cm³/mol. The van der Waals surface area contributed by atoms with E-state index < -0.39 is 5.92 Å². The fourth-order valence-electron chi connectivity index (χ4n) is 2.34. The maximum Gasteiger partial charge on any atom is 0.272 e. The number of hydrogen-bond acceptors (Lipinski definition) is 2. The van der Waals surface area contributed by atoms with E-state index >= 15 is 0 Å². The Morgan fingerprint density at radius 3 is 2.47 bits per heavy atom. The Kier molecular flexibility index (Phi) is 7.19. The number of alkyl halides is 2. The molecule has 0 amide bonds. The molecule has 110 valence electrons. The molecule has 1 aromatic rings. The first kappa shape index (κ1) is 18.6. The molecule has 0 radical (unpaired) electrons. The van der Waals surface area contributed by atoms with Crippen molar-refractivity contribution in [2.75, 3.05) is 13.1 Å². The van der Waals surface area contributed by atoms with Crippen LogP contribution < -0.4 is 5.32 Å². The van der Waals surface area contributed by atoms with Crippen molar-refractivity contribution in [1.29, 1.82) is 0 Å². The van der Waals surface area contributed by atoms with Gasteiger partial charge in [0.1, 0.15) is 0 Å². The van der Waals surface area contributed by atoms with Crippen molar-refractivity contribution in [2.45, 2.75) is 32.1 Å². The van der Waals surface area contributed by atoms with Crippen LogP contribution >= 0.6 is 24.8 Å². The minimum Gasteiger partial charge on any atom is -0.316 e. The van der Waals surface area contributed by atoms with Crippen molar-refractivity contribution in [1.82, 2.24) is 10.3 Å². The molecule has 2 rings (SSSR count). The van der Waals surface area contributed by atoms with Crippen LogP contribution in [-0.4, -0.2) is 18.1 Å². The van der Waals surface area contributed by atoms with Gasteiger partial charge in [0.2, 0.25) is 0 Å². The lowest BCUT2D eigenvalue weighted by Crippen LogP contribution is -2.34. The highest BCUT2D eigenvalue weighted by Crippen LogP contribution is 2.31. The number of rotatable bonds is 2. The van der Waals surface area contributed by atoms with Crippen LogP contribution in [0.1, 0.15) is 37.4 Å². The smallest absolute Gasteiger partial charge is 0.272 e. The van der Waals surface area contributed by atoms with Gasteiger partial charge < -0.3 is 5.32 Å². The highest BCUT2D eigenvalue weighted by molar-refractivity contribution is 5.85. The molecule has 1 N–H and O–H groups in total. The second kappa shape index (κ2) is 7.36. The molecule has 1 aliphatic heterocycles. The number of hydrogen-bond donors (Lipinski definition) is 1. The summed E-state index contributed by atoms with van der Waals surface area (Å²) >= 11 is 0. The van der Waals surface area contributed by atoms with E-state index in [-0.39, 0.29) is 30.4 Å². The van der Waals surface area contributed by atoms with Crippen LogP contribution in [0.15, 0.2) is 18.3 Å². The molecule has 2 unspecified atom stereocenters. The van der Waals surface area contributed by atoms with Gasteiger partial charge in [-0.15, -0.1) is 24.8 Å². The number of halogens is 4. The average Bonchev–Trinajstić information content (AvgIpc) is 2.29. The highest BCUT2D eigenvalue weighted by atomic mass is 35.5. The second-order valence-electron chi connectivity index (χ2n) is 4.94. The Morgan fingerprint density at radius 1 is 1.32 bits per heavy atom. The minimum absolute atomic E-state index is 0. The average molecular weight is 313 g/mol. The largest absolute Gasteiger partial charge is 0.316 e. The van der Waals surface area contributed by atoms with Crippen LogP contribution in [0, 0.1) is 5.92 Å². The highest BCUT2D eigenvalue weighted by Gasteiger charge is 2.27. The first-order chi connectivity index (χ1) is 7.98. The summed E-state index contributed by atoms with van der Waals surface area (Å²) in [5, 5.41) is 3.32. The van der Waals surface area contributed by atoms with E-state index in [4.69, 9.17) is 0 Å². The van der Waals surface area contributed by atoms with Crippen LogP contribution in [0.3, 0.4) is 0 Å². The summed E-state index contributed by atoms with van der Waals surface area (Å²) in [6, 6.07) is 3.25. The normalized spacial score (nSPS) is 23.2. The van der Waals surface area contributed by atoms with Crippen molar-refractivity contribution in [3.05, 3.63) is 29.6 Å². The zero-order valence-electron chi connectivity index (χ0n) is 11.0. The number of pyridine rings is 1. The van der Waals surface area contributed by atoms with Gasteiger partial charge in [-0.05, 0) is 37.6 Å². The van der Waals surface area contributed by atoms with Gasteiger partial charge in [-0.2, -0.15) is 0 Å². The van der Waals surface area contributed by atoms with Gasteiger partial charge in [-0.3, -0.25) is 4.98 Å². The summed E-state index contributed by atoms with van der Waals surface area (Å²) in [7, 11) is 0. The predicted octanol–water partition coefficient (Wildman–Crippen LogP) is 3.75. The van der Waals surface area contributed by atoms with E-state index in [0.717, 1.165) is 32.1 Å². The molecule has 19 heavy (non-hydrogen) atoms. The summed E-state index contributed by atoms with van der Waals surface area (Å²) in [5.41, 5.74) is 0.926. The molecule has 0 bridgehead atoms. The number of aromatic nitrogens is 1. The van der Waals surface area contributed by atoms with Crippen LogP contribution in [-0.2, 0) is 5.92 Å². The molecule has 1 aromatic heterocycles. The van der Waals surface area contributed by atoms with E-state index in [9.17, 15) is 8.78 Å². The number of nitrogens with zero attached hydrogens (tertiary/aromatic N) is 1. The Hall–Kier alpha value is -0.450. The summed E-state index contributed by atoms with van der Waals surface area (Å²) in [5.74, 6) is -1.91. The van der Waals surface area contributed by atoms with Crippen LogP contribution in [0.4, 0.5) is 8.78 Å². The molecule has 0 aliphatic carbocycles. The minimum atomic E-state index is -2.80. The summed E-state index contributed by atoms with van der Waals surface area (Å²) < 4.78 is 26.1. The molecular weight excluding hydrogens is 293 g/mol. The Morgan fingerprint density at radius 2 is 2.00 bits per heavy atom. The summed E-state index contributed by atoms with van der Waals surface area (Å²) in [4.78, 5) is 4.21. The Labute approximate surface area is 125 Å².